The van der Waals surface area contributed by atoms with Crippen LogP contribution >= 0.6 is 0 Å². The maximum Gasteiger partial charge on any atom is 0.244 e. The summed E-state index contributed by atoms with van der Waals surface area (Å²) >= 11 is 0. The zero-order valence-electron chi connectivity index (χ0n) is 19.1. The summed E-state index contributed by atoms with van der Waals surface area (Å²) in [5.41, 5.74) is 4.92. The number of carbonyl (C=O) groups is 2. The summed E-state index contributed by atoms with van der Waals surface area (Å²) in [7, 11) is 0. The van der Waals surface area contributed by atoms with Crippen molar-refractivity contribution in [3.63, 3.8) is 0 Å². The van der Waals surface area contributed by atoms with E-state index in [4.69, 9.17) is 0 Å². The fourth-order valence-electron chi connectivity index (χ4n) is 3.90. The van der Waals surface area contributed by atoms with Gasteiger partial charge in [0.05, 0.1) is 10.9 Å². The minimum atomic E-state index is -0.394. The number of hydrogen-bond acceptors (Lipinski definition) is 4. The standard InChI is InChI=1S/C27H25N3O3/c1-16-5-8-20(9-6-16)25(32)23-14-30(27-22(26(23)33)10-7-19(4)28-27)15-24(31)29-21-12-17(2)11-18(3)13-21/h5-14H,15H2,1-4H3,(H,29,31). The highest BCUT2D eigenvalue weighted by Gasteiger charge is 2.19. The molecule has 0 spiro atoms. The van der Waals surface area contributed by atoms with E-state index in [1.165, 1.54) is 6.20 Å². The van der Waals surface area contributed by atoms with E-state index in [1.54, 1.807) is 28.8 Å². The van der Waals surface area contributed by atoms with E-state index < -0.39 is 5.43 Å². The molecule has 0 bridgehead atoms. The average molecular weight is 440 g/mol. The number of nitrogens with one attached hydrogen (secondary N) is 1. The molecule has 0 aliphatic heterocycles. The number of nitrogens with zero attached hydrogens (tertiary/aromatic N) is 2. The molecule has 2 aromatic carbocycles. The highest BCUT2D eigenvalue weighted by molar-refractivity contribution is 6.10. The molecule has 1 N–H and O–H groups in total. The summed E-state index contributed by atoms with van der Waals surface area (Å²) in [6, 6.07) is 16.3. The van der Waals surface area contributed by atoms with E-state index >= 15 is 0 Å². The van der Waals surface area contributed by atoms with Crippen LogP contribution < -0.4 is 10.7 Å². The minimum absolute atomic E-state index is 0.0104. The third kappa shape index (κ3) is 4.75. The molecule has 6 nitrogen and oxygen atoms in total. The first-order chi connectivity index (χ1) is 15.7. The Labute approximate surface area is 191 Å². The van der Waals surface area contributed by atoms with Gasteiger partial charge in [-0.2, -0.15) is 0 Å². The zero-order chi connectivity index (χ0) is 23.7. The van der Waals surface area contributed by atoms with Crippen molar-refractivity contribution in [2.24, 2.45) is 0 Å². The molecule has 0 aliphatic rings. The minimum Gasteiger partial charge on any atom is -0.325 e. The van der Waals surface area contributed by atoms with Crippen LogP contribution in [-0.4, -0.2) is 21.2 Å². The maximum atomic E-state index is 13.2. The van der Waals surface area contributed by atoms with Gasteiger partial charge in [0, 0.05) is 23.1 Å². The molecule has 6 heteroatoms. The Morgan fingerprint density at radius 3 is 2.21 bits per heavy atom. The SMILES string of the molecule is Cc1ccc(C(=O)c2cn(CC(=O)Nc3cc(C)cc(C)c3)c3nc(C)ccc3c2=O)cc1. The number of aromatic nitrogens is 2. The first-order valence-corrected chi connectivity index (χ1v) is 10.7. The fourth-order valence-corrected chi connectivity index (χ4v) is 3.90. The number of aryl methyl sites for hydroxylation is 4. The van der Waals surface area contributed by atoms with Gasteiger partial charge in [-0.3, -0.25) is 14.4 Å². The molecular formula is C27H25N3O3. The molecule has 0 radical (unpaired) electrons. The van der Waals surface area contributed by atoms with Crippen molar-refractivity contribution in [1.82, 2.24) is 9.55 Å². The largest absolute Gasteiger partial charge is 0.325 e. The molecule has 0 fully saturated rings. The van der Waals surface area contributed by atoms with Gasteiger partial charge in [0.2, 0.25) is 11.3 Å². The number of ketones is 1. The molecule has 0 atom stereocenters. The van der Waals surface area contributed by atoms with Gasteiger partial charge in [0.15, 0.2) is 5.78 Å². The Morgan fingerprint density at radius 1 is 0.879 bits per heavy atom. The van der Waals surface area contributed by atoms with Crippen LogP contribution in [0.5, 0.6) is 0 Å². The third-order valence-corrected chi connectivity index (χ3v) is 5.44. The predicted molar refractivity (Wildman–Crippen MR) is 130 cm³/mol. The van der Waals surface area contributed by atoms with Crippen LogP contribution in [0.2, 0.25) is 0 Å². The number of hydrogen-bond donors (Lipinski definition) is 1. The lowest BCUT2D eigenvalue weighted by molar-refractivity contribution is -0.116. The fraction of sp³-hybridized carbons (Fsp3) is 0.185. The number of carbonyl (C=O) groups excluding carboxylic acids is 2. The highest BCUT2D eigenvalue weighted by atomic mass is 16.2. The summed E-state index contributed by atoms with van der Waals surface area (Å²) in [6.45, 7) is 7.59. The second-order valence-corrected chi connectivity index (χ2v) is 8.44. The molecule has 0 unspecified atom stereocenters. The molecule has 0 aliphatic carbocycles. The first kappa shape index (κ1) is 22.1. The van der Waals surface area contributed by atoms with E-state index in [0.717, 1.165) is 16.7 Å². The number of fused-ring (bicyclic) bond motifs is 1. The third-order valence-electron chi connectivity index (χ3n) is 5.44. The first-order valence-electron chi connectivity index (χ1n) is 10.7. The number of benzene rings is 2. The van der Waals surface area contributed by atoms with Crippen molar-refractivity contribution in [1.29, 1.82) is 0 Å². The van der Waals surface area contributed by atoms with Crippen LogP contribution in [0.25, 0.3) is 11.0 Å². The monoisotopic (exact) mass is 439 g/mol. The smallest absolute Gasteiger partial charge is 0.244 e. The maximum absolute atomic E-state index is 13.2. The van der Waals surface area contributed by atoms with E-state index in [0.29, 0.717) is 28.0 Å². The van der Waals surface area contributed by atoms with Gasteiger partial charge in [-0.05, 0) is 63.1 Å². The van der Waals surface area contributed by atoms with Crippen LogP contribution in [-0.2, 0) is 11.3 Å². The zero-order valence-corrected chi connectivity index (χ0v) is 19.1. The molecule has 4 aromatic rings. The lowest BCUT2D eigenvalue weighted by Gasteiger charge is -2.14. The number of pyridine rings is 2. The van der Waals surface area contributed by atoms with Gasteiger partial charge < -0.3 is 9.88 Å². The van der Waals surface area contributed by atoms with Crippen LogP contribution in [0.4, 0.5) is 5.69 Å². The van der Waals surface area contributed by atoms with Crippen LogP contribution in [0.1, 0.15) is 38.3 Å². The van der Waals surface area contributed by atoms with Crippen LogP contribution in [0.3, 0.4) is 0 Å². The summed E-state index contributed by atoms with van der Waals surface area (Å²) in [5, 5.41) is 3.21. The quantitative estimate of drug-likeness (QED) is 0.464. The number of anilines is 1. The van der Waals surface area contributed by atoms with Crippen molar-refractivity contribution >= 4 is 28.4 Å². The molecule has 4 rings (SSSR count). The van der Waals surface area contributed by atoms with Gasteiger partial charge in [-0.25, -0.2) is 4.98 Å². The van der Waals surface area contributed by atoms with E-state index in [1.807, 2.05) is 58.0 Å². The van der Waals surface area contributed by atoms with Gasteiger partial charge in [-0.15, -0.1) is 0 Å². The van der Waals surface area contributed by atoms with E-state index in [-0.39, 0.29) is 23.8 Å². The summed E-state index contributed by atoms with van der Waals surface area (Å²) in [4.78, 5) is 43.7. The lowest BCUT2D eigenvalue weighted by Crippen LogP contribution is -2.25. The molecule has 2 aromatic heterocycles. The second kappa shape index (κ2) is 8.82. The predicted octanol–water partition coefficient (Wildman–Crippen LogP) is 4.50. The number of amides is 1. The lowest BCUT2D eigenvalue weighted by atomic mass is 10.0. The van der Waals surface area contributed by atoms with E-state index in [2.05, 4.69) is 10.3 Å². The van der Waals surface area contributed by atoms with Crippen molar-refractivity contribution in [3.05, 3.63) is 105 Å². The molecule has 2 heterocycles. The normalized spacial score (nSPS) is 10.9. The van der Waals surface area contributed by atoms with Crippen molar-refractivity contribution < 1.29 is 9.59 Å². The summed E-state index contributed by atoms with van der Waals surface area (Å²) in [5.74, 6) is -0.659. The van der Waals surface area contributed by atoms with Crippen molar-refractivity contribution in [2.75, 3.05) is 5.32 Å². The average Bonchev–Trinajstić information content (AvgIpc) is 2.75. The molecular weight excluding hydrogens is 414 g/mol. The van der Waals surface area contributed by atoms with E-state index in [9.17, 15) is 14.4 Å². The Hall–Kier alpha value is -4.06. The van der Waals surface area contributed by atoms with Gasteiger partial charge in [0.1, 0.15) is 12.2 Å². The molecule has 0 saturated heterocycles. The Morgan fingerprint density at radius 2 is 1.55 bits per heavy atom. The molecule has 0 saturated carbocycles. The molecule has 33 heavy (non-hydrogen) atoms. The molecule has 1 amide bonds. The van der Waals surface area contributed by atoms with Gasteiger partial charge in [0.25, 0.3) is 0 Å². The van der Waals surface area contributed by atoms with Crippen LogP contribution in [0, 0.1) is 27.7 Å². The van der Waals surface area contributed by atoms with Crippen molar-refractivity contribution in [3.8, 4) is 0 Å². The Kier molecular flexibility index (Phi) is 5.92. The Balaban J connectivity index is 1.76. The summed E-state index contributed by atoms with van der Waals surface area (Å²) in [6.07, 6.45) is 1.44. The molecule has 166 valence electrons. The Bertz CT molecular complexity index is 1430. The highest BCUT2D eigenvalue weighted by Crippen LogP contribution is 2.16. The second-order valence-electron chi connectivity index (χ2n) is 8.44. The van der Waals surface area contributed by atoms with Gasteiger partial charge in [-0.1, -0.05) is 35.9 Å². The van der Waals surface area contributed by atoms with Crippen LogP contribution in [0.15, 0.2) is 65.6 Å². The topological polar surface area (TPSA) is 81.1 Å². The van der Waals surface area contributed by atoms with Gasteiger partial charge >= 0.3 is 0 Å². The van der Waals surface area contributed by atoms with Crippen molar-refractivity contribution in [2.45, 2.75) is 34.2 Å². The number of rotatable bonds is 5. The summed E-state index contributed by atoms with van der Waals surface area (Å²) < 4.78 is 1.57.